The zero-order chi connectivity index (χ0) is 19.3. The molecule has 0 saturated heterocycles. The number of carbonyl (C=O) groups is 2. The van der Waals surface area contributed by atoms with Gasteiger partial charge in [-0.05, 0) is 35.2 Å². The second kappa shape index (κ2) is 5.90. The first-order valence-electron chi connectivity index (χ1n) is 7.99. The molecule has 0 saturated carbocycles. The lowest BCUT2D eigenvalue weighted by molar-refractivity contribution is 0.0598. The number of nitrogen functional groups attached to an aromatic ring is 1. The summed E-state index contributed by atoms with van der Waals surface area (Å²) in [5.74, 6) is -1.17. The fraction of sp³-hybridized carbons (Fsp3) is 0.0526. The summed E-state index contributed by atoms with van der Waals surface area (Å²) < 4.78 is 34.4. The summed E-state index contributed by atoms with van der Waals surface area (Å²) in [5, 5.41) is 0.692. The van der Waals surface area contributed by atoms with Gasteiger partial charge in [0.05, 0.1) is 11.4 Å². The molecule has 0 aromatic heterocycles. The second-order valence-corrected chi connectivity index (χ2v) is 7.60. The number of hydrogen-bond acceptors (Lipinski definition) is 6. The van der Waals surface area contributed by atoms with Crippen molar-refractivity contribution in [2.75, 3.05) is 5.73 Å². The zero-order valence-corrected chi connectivity index (χ0v) is 14.7. The molecule has 4 rings (SSSR count). The molecule has 2 amide bonds. The van der Waals surface area contributed by atoms with Crippen molar-refractivity contribution in [3.05, 3.63) is 71.3 Å². The quantitative estimate of drug-likeness (QED) is 0.421. The molecule has 1 heterocycles. The Kier molecular flexibility index (Phi) is 3.76. The Hall–Kier alpha value is -3.23. The van der Waals surface area contributed by atoms with Crippen LogP contribution in [0.3, 0.4) is 0 Å². The predicted octanol–water partition coefficient (Wildman–Crippen LogP) is 2.12. The fourth-order valence-electron chi connectivity index (χ4n) is 3.27. The number of hydrogen-bond donors (Lipinski definition) is 1. The standard InChI is InChI=1S/C19H14N2O5S/c20-16-7-2-1-4-12(16)10-21-18(22)14-6-3-5-11-8-13(27(24,25)26)9-15(17(11)14)19(21)23/h1-9H,10,20H2,(H,24,25,26)/p-1. The Balaban J connectivity index is 1.92. The van der Waals surface area contributed by atoms with Gasteiger partial charge >= 0.3 is 0 Å². The van der Waals surface area contributed by atoms with Crippen molar-refractivity contribution in [2.45, 2.75) is 11.4 Å². The molecule has 27 heavy (non-hydrogen) atoms. The van der Waals surface area contributed by atoms with Crippen LogP contribution in [0.2, 0.25) is 0 Å². The van der Waals surface area contributed by atoms with Crippen LogP contribution in [0, 0.1) is 0 Å². The molecule has 1 aliphatic heterocycles. The van der Waals surface area contributed by atoms with E-state index in [1.165, 1.54) is 6.07 Å². The van der Waals surface area contributed by atoms with Gasteiger partial charge in [-0.3, -0.25) is 14.5 Å². The van der Waals surface area contributed by atoms with E-state index in [9.17, 15) is 22.6 Å². The van der Waals surface area contributed by atoms with E-state index in [-0.39, 0.29) is 17.7 Å². The van der Waals surface area contributed by atoms with Crippen LogP contribution in [0.1, 0.15) is 26.3 Å². The van der Waals surface area contributed by atoms with Gasteiger partial charge in [-0.2, -0.15) is 0 Å². The molecule has 0 aliphatic carbocycles. The predicted molar refractivity (Wildman–Crippen MR) is 97.0 cm³/mol. The van der Waals surface area contributed by atoms with Gasteiger partial charge in [0.2, 0.25) is 0 Å². The third kappa shape index (κ3) is 2.75. The number of benzene rings is 3. The van der Waals surface area contributed by atoms with E-state index >= 15 is 0 Å². The normalized spacial score (nSPS) is 14.0. The Morgan fingerprint density at radius 3 is 2.33 bits per heavy atom. The smallest absolute Gasteiger partial charge is 0.261 e. The van der Waals surface area contributed by atoms with Gasteiger partial charge in [-0.15, -0.1) is 0 Å². The molecule has 0 radical (unpaired) electrons. The van der Waals surface area contributed by atoms with Crippen LogP contribution in [0.5, 0.6) is 0 Å². The van der Waals surface area contributed by atoms with Crippen LogP contribution in [-0.2, 0) is 16.7 Å². The summed E-state index contributed by atoms with van der Waals surface area (Å²) in [4.78, 5) is 26.4. The molecule has 0 atom stereocenters. The minimum atomic E-state index is -4.76. The number of amides is 2. The maximum atomic E-state index is 13.0. The van der Waals surface area contributed by atoms with E-state index in [1.54, 1.807) is 42.5 Å². The van der Waals surface area contributed by atoms with Gasteiger partial charge in [0.15, 0.2) is 0 Å². The first-order chi connectivity index (χ1) is 12.8. The van der Waals surface area contributed by atoms with Crippen molar-refractivity contribution >= 4 is 38.4 Å². The number of carbonyl (C=O) groups excluding carboxylic acids is 2. The lowest BCUT2D eigenvalue weighted by Crippen LogP contribution is -2.40. The summed E-state index contributed by atoms with van der Waals surface area (Å²) in [7, 11) is -4.76. The molecule has 136 valence electrons. The minimum absolute atomic E-state index is 0.00614. The summed E-state index contributed by atoms with van der Waals surface area (Å²) in [6.07, 6.45) is 0. The highest BCUT2D eigenvalue weighted by Gasteiger charge is 2.33. The number of nitrogens with two attached hydrogens (primary N) is 1. The van der Waals surface area contributed by atoms with Crippen molar-refractivity contribution in [2.24, 2.45) is 0 Å². The average molecular weight is 381 g/mol. The third-order valence-electron chi connectivity index (χ3n) is 4.57. The van der Waals surface area contributed by atoms with Gasteiger partial charge in [0.1, 0.15) is 10.1 Å². The summed E-state index contributed by atoms with van der Waals surface area (Å²) >= 11 is 0. The highest BCUT2D eigenvalue weighted by atomic mass is 32.2. The molecule has 0 bridgehead atoms. The Bertz CT molecular complexity index is 1230. The molecule has 0 unspecified atom stereocenters. The Morgan fingerprint density at radius 1 is 0.926 bits per heavy atom. The van der Waals surface area contributed by atoms with Gasteiger partial charge in [-0.25, -0.2) is 8.42 Å². The van der Waals surface area contributed by atoms with Crippen molar-refractivity contribution in [3.8, 4) is 0 Å². The van der Waals surface area contributed by atoms with E-state index in [4.69, 9.17) is 5.73 Å². The highest BCUT2D eigenvalue weighted by molar-refractivity contribution is 7.85. The monoisotopic (exact) mass is 381 g/mol. The van der Waals surface area contributed by atoms with E-state index in [1.807, 2.05) is 0 Å². The molecule has 7 nitrogen and oxygen atoms in total. The van der Waals surface area contributed by atoms with Crippen LogP contribution < -0.4 is 5.73 Å². The van der Waals surface area contributed by atoms with Gasteiger partial charge < -0.3 is 10.3 Å². The lowest BCUT2D eigenvalue weighted by atomic mass is 9.93. The minimum Gasteiger partial charge on any atom is -0.744 e. The number of rotatable bonds is 3. The Labute approximate surface area is 154 Å². The number of imide groups is 1. The second-order valence-electron chi connectivity index (χ2n) is 6.22. The molecular formula is C19H13N2O5S-. The van der Waals surface area contributed by atoms with E-state index in [0.717, 1.165) is 11.0 Å². The SMILES string of the molecule is Nc1ccccc1CN1C(=O)c2cccc3cc(S(=O)(=O)[O-])cc(c23)C1=O. The molecule has 3 aromatic rings. The third-order valence-corrected chi connectivity index (χ3v) is 5.39. The van der Waals surface area contributed by atoms with Crippen LogP contribution in [0.25, 0.3) is 10.8 Å². The molecule has 0 spiro atoms. The first-order valence-corrected chi connectivity index (χ1v) is 9.40. The van der Waals surface area contributed by atoms with Gasteiger partial charge in [0.25, 0.3) is 11.8 Å². The van der Waals surface area contributed by atoms with Crippen LogP contribution in [-0.4, -0.2) is 29.7 Å². The number of anilines is 1. The maximum absolute atomic E-state index is 13.0. The maximum Gasteiger partial charge on any atom is 0.261 e. The molecular weight excluding hydrogens is 368 g/mol. The summed E-state index contributed by atoms with van der Waals surface area (Å²) in [6, 6.07) is 13.7. The fourth-order valence-corrected chi connectivity index (χ4v) is 3.80. The molecule has 1 aliphatic rings. The topological polar surface area (TPSA) is 121 Å². The van der Waals surface area contributed by atoms with Crippen LogP contribution >= 0.6 is 0 Å². The van der Waals surface area contributed by atoms with Gasteiger partial charge in [-0.1, -0.05) is 30.3 Å². The largest absolute Gasteiger partial charge is 0.744 e. The molecule has 2 N–H and O–H groups in total. The first kappa shape index (κ1) is 17.2. The van der Waals surface area contributed by atoms with Crippen molar-refractivity contribution in [1.29, 1.82) is 0 Å². The highest BCUT2D eigenvalue weighted by Crippen LogP contribution is 2.33. The molecule has 8 heteroatoms. The van der Waals surface area contributed by atoms with Crippen LogP contribution in [0.15, 0.2) is 59.5 Å². The van der Waals surface area contributed by atoms with E-state index in [0.29, 0.717) is 22.0 Å². The number of nitrogens with zero attached hydrogens (tertiary/aromatic N) is 1. The van der Waals surface area contributed by atoms with Crippen molar-refractivity contribution in [3.63, 3.8) is 0 Å². The average Bonchev–Trinajstić information content (AvgIpc) is 2.63. The molecule has 3 aromatic carbocycles. The molecule has 0 fully saturated rings. The zero-order valence-electron chi connectivity index (χ0n) is 13.9. The summed E-state index contributed by atoms with van der Waals surface area (Å²) in [6.45, 7) is -0.0610. The Morgan fingerprint density at radius 2 is 1.63 bits per heavy atom. The van der Waals surface area contributed by atoms with E-state index < -0.39 is 26.8 Å². The number of para-hydroxylation sites is 1. The summed E-state index contributed by atoms with van der Waals surface area (Å²) in [5.41, 5.74) is 7.20. The van der Waals surface area contributed by atoms with Crippen molar-refractivity contribution in [1.82, 2.24) is 4.90 Å². The van der Waals surface area contributed by atoms with Crippen molar-refractivity contribution < 1.29 is 22.6 Å². The van der Waals surface area contributed by atoms with Gasteiger partial charge in [0, 0.05) is 22.2 Å². The lowest BCUT2D eigenvalue weighted by Gasteiger charge is -2.28. The van der Waals surface area contributed by atoms with E-state index in [2.05, 4.69) is 0 Å². The van der Waals surface area contributed by atoms with Crippen LogP contribution in [0.4, 0.5) is 5.69 Å².